The molecule has 2 aliphatic rings. The minimum absolute atomic E-state index is 0.0814. The van der Waals surface area contributed by atoms with Crippen LogP contribution in [0.2, 0.25) is 0 Å². The van der Waals surface area contributed by atoms with Crippen molar-refractivity contribution in [3.8, 4) is 0 Å². The van der Waals surface area contributed by atoms with Crippen molar-refractivity contribution in [2.75, 3.05) is 44.3 Å². The van der Waals surface area contributed by atoms with E-state index in [-0.39, 0.29) is 17.5 Å². The van der Waals surface area contributed by atoms with Gasteiger partial charge in [-0.25, -0.2) is 9.50 Å². The number of ether oxygens (including phenoxy) is 1. The first-order valence-corrected chi connectivity index (χ1v) is 10.9. The molecule has 0 aromatic carbocycles. The van der Waals surface area contributed by atoms with Crippen LogP contribution in [0.15, 0.2) is 29.2 Å². The number of aromatic amines is 1. The predicted molar refractivity (Wildman–Crippen MR) is 119 cm³/mol. The molecule has 0 aliphatic carbocycles. The lowest BCUT2D eigenvalue weighted by molar-refractivity contribution is -0.00355. The average Bonchev–Trinajstić information content (AvgIpc) is 3.12. The molecule has 0 atom stereocenters. The number of aromatic nitrogens is 4. The molecule has 10 heteroatoms. The number of hydrogen-bond donors (Lipinski definition) is 2. The van der Waals surface area contributed by atoms with Crippen LogP contribution in [0.1, 0.15) is 27.4 Å². The third-order valence-electron chi connectivity index (χ3n) is 6.06. The maximum atomic E-state index is 12.3. The van der Waals surface area contributed by atoms with E-state index in [1.54, 1.807) is 23.7 Å². The molecule has 2 N–H and O–H groups in total. The van der Waals surface area contributed by atoms with E-state index in [1.165, 1.54) is 0 Å². The van der Waals surface area contributed by atoms with Crippen molar-refractivity contribution in [1.29, 1.82) is 0 Å². The Morgan fingerprint density at radius 1 is 1.22 bits per heavy atom. The monoisotopic (exact) mass is 437 g/mol. The van der Waals surface area contributed by atoms with Crippen molar-refractivity contribution in [3.63, 3.8) is 0 Å². The Labute approximate surface area is 185 Å². The number of carbonyl (C=O) groups is 1. The van der Waals surface area contributed by atoms with Crippen LogP contribution >= 0.6 is 0 Å². The van der Waals surface area contributed by atoms with Gasteiger partial charge in [0.15, 0.2) is 0 Å². The molecular weight excluding hydrogens is 410 g/mol. The Bertz CT molecular complexity index is 1210. The Morgan fingerprint density at radius 3 is 2.69 bits per heavy atom. The SMILES string of the molecule is Cc1nc(C(=O)NC2COC2)ccc1N1CCN(Cc2cc3[nH]c(=O)c(C)cn3n2)CC1. The van der Waals surface area contributed by atoms with Gasteiger partial charge in [-0.15, -0.1) is 0 Å². The van der Waals surface area contributed by atoms with Gasteiger partial charge in [-0.2, -0.15) is 5.10 Å². The fraction of sp³-hybridized carbons (Fsp3) is 0.455. The number of piperazine rings is 1. The number of rotatable bonds is 5. The highest BCUT2D eigenvalue weighted by atomic mass is 16.5. The molecule has 0 saturated carbocycles. The first-order chi connectivity index (χ1) is 15.5. The number of pyridine rings is 1. The van der Waals surface area contributed by atoms with Crippen LogP contribution in [0, 0.1) is 13.8 Å². The quantitative estimate of drug-likeness (QED) is 0.598. The molecule has 0 bridgehead atoms. The van der Waals surface area contributed by atoms with E-state index in [0.29, 0.717) is 30.1 Å². The van der Waals surface area contributed by atoms with Crippen molar-refractivity contribution < 1.29 is 9.53 Å². The third kappa shape index (κ3) is 4.11. The summed E-state index contributed by atoms with van der Waals surface area (Å²) in [5.74, 6) is -0.151. The van der Waals surface area contributed by atoms with Gasteiger partial charge < -0.3 is 19.9 Å². The van der Waals surface area contributed by atoms with Gasteiger partial charge >= 0.3 is 0 Å². The highest BCUT2D eigenvalue weighted by Crippen LogP contribution is 2.21. The summed E-state index contributed by atoms with van der Waals surface area (Å²) in [5, 5.41) is 7.52. The van der Waals surface area contributed by atoms with E-state index >= 15 is 0 Å². The summed E-state index contributed by atoms with van der Waals surface area (Å²) in [7, 11) is 0. The lowest BCUT2D eigenvalue weighted by Crippen LogP contribution is -2.48. The zero-order valence-corrected chi connectivity index (χ0v) is 18.3. The van der Waals surface area contributed by atoms with Gasteiger partial charge in [-0.05, 0) is 26.0 Å². The second-order valence-corrected chi connectivity index (χ2v) is 8.50. The summed E-state index contributed by atoms with van der Waals surface area (Å²) in [5.41, 5.74) is 4.57. The van der Waals surface area contributed by atoms with E-state index in [2.05, 4.69) is 30.2 Å². The zero-order valence-electron chi connectivity index (χ0n) is 18.3. The van der Waals surface area contributed by atoms with Crippen LogP contribution in [0.5, 0.6) is 0 Å². The maximum absolute atomic E-state index is 12.3. The van der Waals surface area contributed by atoms with E-state index in [1.807, 2.05) is 19.1 Å². The molecule has 3 aromatic heterocycles. The number of fused-ring (bicyclic) bond motifs is 1. The zero-order chi connectivity index (χ0) is 22.2. The lowest BCUT2D eigenvalue weighted by Gasteiger charge is -2.36. The highest BCUT2D eigenvalue weighted by Gasteiger charge is 2.23. The second kappa shape index (κ2) is 8.36. The molecule has 5 heterocycles. The number of nitrogens with zero attached hydrogens (tertiary/aromatic N) is 5. The van der Waals surface area contributed by atoms with Crippen LogP contribution in [0.3, 0.4) is 0 Å². The average molecular weight is 438 g/mol. The molecule has 0 spiro atoms. The number of amides is 1. The molecule has 2 saturated heterocycles. The van der Waals surface area contributed by atoms with E-state index < -0.39 is 0 Å². The summed E-state index contributed by atoms with van der Waals surface area (Å²) in [4.78, 5) is 36.2. The number of aryl methyl sites for hydroxylation is 2. The fourth-order valence-corrected chi connectivity index (χ4v) is 4.14. The van der Waals surface area contributed by atoms with E-state index in [4.69, 9.17) is 4.74 Å². The molecule has 2 fully saturated rings. The fourth-order valence-electron chi connectivity index (χ4n) is 4.14. The van der Waals surface area contributed by atoms with Crippen LogP contribution in [-0.2, 0) is 11.3 Å². The maximum Gasteiger partial charge on any atom is 0.270 e. The van der Waals surface area contributed by atoms with Crippen molar-refractivity contribution >= 4 is 17.2 Å². The summed E-state index contributed by atoms with van der Waals surface area (Å²) in [6.45, 7) is 9.13. The molecule has 32 heavy (non-hydrogen) atoms. The van der Waals surface area contributed by atoms with Crippen molar-refractivity contribution in [3.05, 3.63) is 57.4 Å². The Morgan fingerprint density at radius 2 is 2.00 bits per heavy atom. The van der Waals surface area contributed by atoms with E-state index in [9.17, 15) is 9.59 Å². The van der Waals surface area contributed by atoms with E-state index in [0.717, 1.165) is 49.8 Å². The topological polar surface area (TPSA) is 108 Å². The molecule has 0 unspecified atom stereocenters. The predicted octanol–water partition coefficient (Wildman–Crippen LogP) is 0.485. The molecule has 2 aliphatic heterocycles. The van der Waals surface area contributed by atoms with Gasteiger partial charge in [0.25, 0.3) is 11.5 Å². The minimum atomic E-state index is -0.151. The molecule has 0 radical (unpaired) electrons. The lowest BCUT2D eigenvalue weighted by atomic mass is 10.2. The van der Waals surface area contributed by atoms with Crippen molar-refractivity contribution in [1.82, 2.24) is 29.8 Å². The Balaban J connectivity index is 1.20. The van der Waals surface area contributed by atoms with Gasteiger partial charge in [0.2, 0.25) is 0 Å². The van der Waals surface area contributed by atoms with Crippen LogP contribution in [-0.4, -0.2) is 75.8 Å². The number of hydrogen-bond acceptors (Lipinski definition) is 7. The molecule has 168 valence electrons. The first-order valence-electron chi connectivity index (χ1n) is 10.9. The largest absolute Gasteiger partial charge is 0.377 e. The highest BCUT2D eigenvalue weighted by molar-refractivity contribution is 5.93. The van der Waals surface area contributed by atoms with Gasteiger partial charge in [-0.1, -0.05) is 0 Å². The standard InChI is InChI=1S/C22H27N7O3/c1-14-10-29-20(25-21(14)30)9-16(26-29)11-27-5-7-28(8-6-27)19-4-3-18(23-15(19)2)22(31)24-17-12-32-13-17/h3-4,9-10,17H,5-8,11-13H2,1-2H3,(H,24,31)(H,25,30). The number of H-pyrrole nitrogens is 1. The summed E-state index contributed by atoms with van der Waals surface area (Å²) < 4.78 is 6.83. The smallest absolute Gasteiger partial charge is 0.270 e. The van der Waals surface area contributed by atoms with Crippen molar-refractivity contribution in [2.24, 2.45) is 0 Å². The third-order valence-corrected chi connectivity index (χ3v) is 6.06. The number of carbonyl (C=O) groups excluding carboxylic acids is 1. The normalized spacial score (nSPS) is 17.5. The Hall–Kier alpha value is -3.24. The van der Waals surface area contributed by atoms with Crippen LogP contribution in [0.25, 0.3) is 5.65 Å². The summed E-state index contributed by atoms with van der Waals surface area (Å²) >= 11 is 0. The van der Waals surface area contributed by atoms with Crippen LogP contribution < -0.4 is 15.8 Å². The molecule has 5 rings (SSSR count). The van der Waals surface area contributed by atoms with Gasteiger partial charge in [0, 0.05) is 50.6 Å². The van der Waals surface area contributed by atoms with Gasteiger partial charge in [0.1, 0.15) is 11.3 Å². The molecule has 10 nitrogen and oxygen atoms in total. The first kappa shape index (κ1) is 20.7. The number of anilines is 1. The number of nitrogens with one attached hydrogen (secondary N) is 2. The molecule has 3 aromatic rings. The second-order valence-electron chi connectivity index (χ2n) is 8.50. The molecule has 1 amide bonds. The summed E-state index contributed by atoms with van der Waals surface area (Å²) in [6.07, 6.45) is 1.76. The van der Waals surface area contributed by atoms with Crippen LogP contribution in [0.4, 0.5) is 5.69 Å². The van der Waals surface area contributed by atoms with Gasteiger partial charge in [0.05, 0.1) is 36.3 Å². The minimum Gasteiger partial charge on any atom is -0.377 e. The Kier molecular flexibility index (Phi) is 5.40. The van der Waals surface area contributed by atoms with Crippen molar-refractivity contribution in [2.45, 2.75) is 26.4 Å². The summed E-state index contributed by atoms with van der Waals surface area (Å²) in [6, 6.07) is 5.81. The van der Waals surface area contributed by atoms with Gasteiger partial charge in [-0.3, -0.25) is 14.5 Å². The molecular formula is C22H27N7O3.